The highest BCUT2D eigenvalue weighted by atomic mass is 15.1. The molecule has 2 aromatic carbocycles. The number of anilines is 1. The van der Waals surface area contributed by atoms with Gasteiger partial charge in [0.2, 0.25) is 0 Å². The Hall–Kier alpha value is -2.28. The lowest BCUT2D eigenvalue weighted by atomic mass is 10.1. The first-order chi connectivity index (χ1) is 9.34. The van der Waals surface area contributed by atoms with Gasteiger partial charge in [0.1, 0.15) is 0 Å². The molecule has 0 amide bonds. The number of hydrogen-bond acceptors (Lipinski definition) is 1. The molecule has 2 aromatic rings. The van der Waals surface area contributed by atoms with Gasteiger partial charge in [-0.1, -0.05) is 54.6 Å². The largest absolute Gasteiger partial charge is 0.345 e. The van der Waals surface area contributed by atoms with Crippen LogP contribution in [0.2, 0.25) is 0 Å². The zero-order valence-corrected chi connectivity index (χ0v) is 11.1. The van der Waals surface area contributed by atoms with Crippen LogP contribution in [0.3, 0.4) is 0 Å². The van der Waals surface area contributed by atoms with Crippen molar-refractivity contribution in [3.63, 3.8) is 0 Å². The summed E-state index contributed by atoms with van der Waals surface area (Å²) in [6.45, 7) is 0. The molecule has 19 heavy (non-hydrogen) atoms. The van der Waals surface area contributed by atoms with E-state index in [0.29, 0.717) is 0 Å². The predicted octanol–water partition coefficient (Wildman–Crippen LogP) is 4.28. The Morgan fingerprint density at radius 3 is 2.42 bits per heavy atom. The topological polar surface area (TPSA) is 3.24 Å². The molecule has 1 aliphatic rings. The minimum absolute atomic E-state index is 0.982. The second-order valence-corrected chi connectivity index (χ2v) is 4.76. The van der Waals surface area contributed by atoms with E-state index in [1.807, 2.05) is 6.07 Å². The van der Waals surface area contributed by atoms with E-state index in [9.17, 15) is 0 Å². The van der Waals surface area contributed by atoms with Crippen molar-refractivity contribution in [1.82, 2.24) is 0 Å². The average Bonchev–Trinajstić information content (AvgIpc) is 2.70. The van der Waals surface area contributed by atoms with Crippen LogP contribution in [0.1, 0.15) is 11.1 Å². The van der Waals surface area contributed by atoms with Gasteiger partial charge in [-0.15, -0.1) is 0 Å². The van der Waals surface area contributed by atoms with Gasteiger partial charge in [-0.3, -0.25) is 0 Å². The van der Waals surface area contributed by atoms with Crippen LogP contribution in [0.15, 0.2) is 72.4 Å². The van der Waals surface area contributed by atoms with Gasteiger partial charge in [0.25, 0.3) is 0 Å². The smallest absolute Gasteiger partial charge is 0.0407 e. The highest BCUT2D eigenvalue weighted by Gasteiger charge is 2.07. The molecule has 1 heteroatoms. The molecule has 0 N–H and O–H groups in total. The molecule has 0 atom stereocenters. The lowest BCUT2D eigenvalue weighted by Gasteiger charge is -2.20. The summed E-state index contributed by atoms with van der Waals surface area (Å²) in [5.74, 6) is 0. The fourth-order valence-electron chi connectivity index (χ4n) is 2.39. The standard InChI is InChI=1S/C18H17N/c1-19(17-9-3-2-4-10-17)18-13-11-15-7-5-6-8-16(15)12-14-18/h2-11,13-14H,12H2,1H3. The summed E-state index contributed by atoms with van der Waals surface area (Å²) < 4.78 is 0. The maximum Gasteiger partial charge on any atom is 0.0407 e. The third-order valence-corrected chi connectivity index (χ3v) is 3.55. The SMILES string of the molecule is CN(C1=CCc2ccccc2C=C1)c1ccccc1. The van der Waals surface area contributed by atoms with Crippen molar-refractivity contribution in [2.75, 3.05) is 11.9 Å². The molecule has 0 bridgehead atoms. The first kappa shape index (κ1) is 11.8. The Bertz CT molecular complexity index is 623. The lowest BCUT2D eigenvalue weighted by molar-refractivity contribution is 1.11. The van der Waals surface area contributed by atoms with E-state index < -0.39 is 0 Å². The maximum absolute atomic E-state index is 2.29. The molecule has 0 aliphatic heterocycles. The van der Waals surface area contributed by atoms with Crippen molar-refractivity contribution in [2.45, 2.75) is 6.42 Å². The molecule has 0 fully saturated rings. The van der Waals surface area contributed by atoms with Crippen LogP contribution in [0.4, 0.5) is 5.69 Å². The van der Waals surface area contributed by atoms with Gasteiger partial charge in [-0.2, -0.15) is 0 Å². The Morgan fingerprint density at radius 2 is 1.58 bits per heavy atom. The minimum Gasteiger partial charge on any atom is -0.345 e. The Kier molecular flexibility index (Phi) is 3.20. The van der Waals surface area contributed by atoms with E-state index in [1.165, 1.54) is 22.5 Å². The van der Waals surface area contributed by atoms with Crippen molar-refractivity contribution >= 4 is 11.8 Å². The van der Waals surface area contributed by atoms with E-state index in [1.54, 1.807) is 0 Å². The van der Waals surface area contributed by atoms with Crippen LogP contribution in [0.5, 0.6) is 0 Å². The zero-order chi connectivity index (χ0) is 13.1. The van der Waals surface area contributed by atoms with Gasteiger partial charge in [0.05, 0.1) is 0 Å². The van der Waals surface area contributed by atoms with Gasteiger partial charge in [-0.05, 0) is 35.8 Å². The van der Waals surface area contributed by atoms with Crippen molar-refractivity contribution in [2.24, 2.45) is 0 Å². The molecule has 0 spiro atoms. The molecular weight excluding hydrogens is 230 g/mol. The number of likely N-dealkylation sites (N-methyl/N-ethyl adjacent to an activating group) is 1. The van der Waals surface area contributed by atoms with Crippen LogP contribution < -0.4 is 4.90 Å². The monoisotopic (exact) mass is 247 g/mol. The fourth-order valence-corrected chi connectivity index (χ4v) is 2.39. The normalized spacial score (nSPS) is 13.4. The molecule has 0 saturated carbocycles. The summed E-state index contributed by atoms with van der Waals surface area (Å²) in [7, 11) is 2.11. The maximum atomic E-state index is 2.29. The van der Waals surface area contributed by atoms with Crippen LogP contribution in [0.25, 0.3) is 6.08 Å². The summed E-state index contributed by atoms with van der Waals surface area (Å²) in [5, 5.41) is 0. The second-order valence-electron chi connectivity index (χ2n) is 4.76. The molecule has 94 valence electrons. The van der Waals surface area contributed by atoms with E-state index >= 15 is 0 Å². The first-order valence-corrected chi connectivity index (χ1v) is 6.59. The number of fused-ring (bicyclic) bond motifs is 1. The average molecular weight is 247 g/mol. The minimum atomic E-state index is 0.982. The lowest BCUT2D eigenvalue weighted by Crippen LogP contribution is -2.14. The van der Waals surface area contributed by atoms with Crippen molar-refractivity contribution < 1.29 is 0 Å². The van der Waals surface area contributed by atoms with Crippen molar-refractivity contribution in [3.05, 3.63) is 83.6 Å². The van der Waals surface area contributed by atoms with E-state index in [-0.39, 0.29) is 0 Å². The molecule has 0 heterocycles. The molecule has 1 nitrogen and oxygen atoms in total. The highest BCUT2D eigenvalue weighted by Crippen LogP contribution is 2.23. The first-order valence-electron chi connectivity index (χ1n) is 6.59. The molecule has 0 aromatic heterocycles. The molecule has 0 unspecified atom stereocenters. The number of rotatable bonds is 2. The van der Waals surface area contributed by atoms with Crippen molar-refractivity contribution in [1.29, 1.82) is 0 Å². The number of benzene rings is 2. The third kappa shape index (κ3) is 2.45. The summed E-state index contributed by atoms with van der Waals surface area (Å²) >= 11 is 0. The fraction of sp³-hybridized carbons (Fsp3) is 0.111. The van der Waals surface area contributed by atoms with Crippen LogP contribution in [0, 0.1) is 0 Å². The summed E-state index contributed by atoms with van der Waals surface area (Å²) in [6, 6.07) is 19.0. The molecule has 1 aliphatic carbocycles. The number of hydrogen-bond donors (Lipinski definition) is 0. The Balaban J connectivity index is 1.90. The predicted molar refractivity (Wildman–Crippen MR) is 82.1 cm³/mol. The number of para-hydroxylation sites is 1. The van der Waals surface area contributed by atoms with Crippen LogP contribution in [-0.4, -0.2) is 7.05 Å². The van der Waals surface area contributed by atoms with Gasteiger partial charge in [0.15, 0.2) is 0 Å². The van der Waals surface area contributed by atoms with Gasteiger partial charge < -0.3 is 4.90 Å². The van der Waals surface area contributed by atoms with Gasteiger partial charge >= 0.3 is 0 Å². The Morgan fingerprint density at radius 1 is 0.842 bits per heavy atom. The number of nitrogens with zero attached hydrogens (tertiary/aromatic N) is 1. The second kappa shape index (κ2) is 5.15. The van der Waals surface area contributed by atoms with E-state index in [0.717, 1.165) is 6.42 Å². The highest BCUT2D eigenvalue weighted by molar-refractivity contribution is 5.63. The van der Waals surface area contributed by atoms with E-state index in [4.69, 9.17) is 0 Å². The van der Waals surface area contributed by atoms with Crippen LogP contribution in [-0.2, 0) is 6.42 Å². The summed E-state index contributed by atoms with van der Waals surface area (Å²) in [5.41, 5.74) is 5.15. The molecular formula is C18H17N. The van der Waals surface area contributed by atoms with Gasteiger partial charge in [0, 0.05) is 18.4 Å². The molecule has 0 radical (unpaired) electrons. The quantitative estimate of drug-likeness (QED) is 0.765. The van der Waals surface area contributed by atoms with Crippen molar-refractivity contribution in [3.8, 4) is 0 Å². The van der Waals surface area contributed by atoms with E-state index in [2.05, 4.69) is 78.7 Å². The zero-order valence-electron chi connectivity index (χ0n) is 11.1. The Labute approximate surface area is 114 Å². The number of allylic oxidation sites excluding steroid dienone is 2. The van der Waals surface area contributed by atoms with Crippen LogP contribution >= 0.6 is 0 Å². The summed E-state index contributed by atoms with van der Waals surface area (Å²) in [4.78, 5) is 2.22. The summed E-state index contributed by atoms with van der Waals surface area (Å²) in [6.07, 6.45) is 7.66. The molecule has 3 rings (SSSR count). The molecule has 0 saturated heterocycles. The third-order valence-electron chi connectivity index (χ3n) is 3.55. The van der Waals surface area contributed by atoms with Gasteiger partial charge in [-0.25, -0.2) is 0 Å².